The van der Waals surface area contributed by atoms with Crippen LogP contribution in [0.4, 0.5) is 0 Å². The molecule has 0 saturated heterocycles. The van der Waals surface area contributed by atoms with Gasteiger partial charge in [-0.1, -0.05) is 11.8 Å². The van der Waals surface area contributed by atoms with Crippen molar-refractivity contribution in [2.24, 2.45) is 12.8 Å². The fourth-order valence-corrected chi connectivity index (χ4v) is 2.39. The third kappa shape index (κ3) is 3.91. The van der Waals surface area contributed by atoms with Gasteiger partial charge in [0.1, 0.15) is 18.1 Å². The summed E-state index contributed by atoms with van der Waals surface area (Å²) in [5, 5.41) is 8.38. The number of aromatic nitrogens is 3. The van der Waals surface area contributed by atoms with E-state index in [4.69, 9.17) is 15.2 Å². The quantitative estimate of drug-likeness (QED) is 0.774. The second-order valence-electron chi connectivity index (χ2n) is 4.58. The van der Waals surface area contributed by atoms with Crippen molar-refractivity contribution >= 4 is 17.7 Å². The average molecular weight is 322 g/mol. The molecule has 2 N–H and O–H groups in total. The molecule has 0 spiro atoms. The highest BCUT2D eigenvalue weighted by Gasteiger charge is 2.16. The lowest BCUT2D eigenvalue weighted by Gasteiger charge is -2.08. The Bertz CT molecular complexity index is 642. The van der Waals surface area contributed by atoms with Crippen molar-refractivity contribution in [3.63, 3.8) is 0 Å². The molecule has 0 aliphatic rings. The van der Waals surface area contributed by atoms with Gasteiger partial charge in [-0.25, -0.2) is 0 Å². The number of ether oxygens (including phenoxy) is 2. The Balaban J connectivity index is 1.98. The fraction of sp³-hybridized carbons (Fsp3) is 0.357. The van der Waals surface area contributed by atoms with E-state index in [1.165, 1.54) is 11.8 Å². The van der Waals surface area contributed by atoms with Crippen LogP contribution in [0.25, 0.3) is 0 Å². The third-order valence-corrected chi connectivity index (χ3v) is 4.19. The highest BCUT2D eigenvalue weighted by molar-refractivity contribution is 8.00. The molecule has 22 heavy (non-hydrogen) atoms. The van der Waals surface area contributed by atoms with Crippen molar-refractivity contribution in [2.45, 2.75) is 23.9 Å². The molecule has 0 aliphatic carbocycles. The summed E-state index contributed by atoms with van der Waals surface area (Å²) >= 11 is 1.27. The fourth-order valence-electron chi connectivity index (χ4n) is 1.61. The van der Waals surface area contributed by atoms with Crippen LogP contribution in [0.1, 0.15) is 12.7 Å². The van der Waals surface area contributed by atoms with E-state index in [9.17, 15) is 4.79 Å². The Labute approximate surface area is 132 Å². The maximum Gasteiger partial charge on any atom is 0.230 e. The number of hydrogen-bond acceptors (Lipinski definition) is 6. The van der Waals surface area contributed by atoms with Crippen LogP contribution in [0.15, 0.2) is 29.4 Å². The topological polar surface area (TPSA) is 92.3 Å². The maximum absolute atomic E-state index is 11.1. The molecular weight excluding hydrogens is 304 g/mol. The van der Waals surface area contributed by atoms with Crippen molar-refractivity contribution in [3.05, 3.63) is 30.1 Å². The number of carbonyl (C=O) groups excluding carboxylic acids is 1. The molecule has 7 nitrogen and oxygen atoms in total. The van der Waals surface area contributed by atoms with Gasteiger partial charge in [0, 0.05) is 7.05 Å². The van der Waals surface area contributed by atoms with Crippen LogP contribution in [0.3, 0.4) is 0 Å². The standard InChI is InChI=1S/C14H18N4O3S/c1-9(13(15)19)22-14-17-16-12(18(14)2)8-21-11-6-4-10(20-3)5-7-11/h4-7,9H,8H2,1-3H3,(H2,15,19)/t9-/m1/s1. The number of primary amides is 1. The van der Waals surface area contributed by atoms with E-state index in [0.717, 1.165) is 5.75 Å². The largest absolute Gasteiger partial charge is 0.497 e. The monoisotopic (exact) mass is 322 g/mol. The summed E-state index contributed by atoms with van der Waals surface area (Å²) in [5.74, 6) is 1.76. The normalized spacial score (nSPS) is 12.0. The molecular formula is C14H18N4O3S. The summed E-state index contributed by atoms with van der Waals surface area (Å²) < 4.78 is 12.5. The SMILES string of the molecule is COc1ccc(OCc2nnc(S[C@H](C)C(N)=O)n2C)cc1. The number of hydrogen-bond donors (Lipinski definition) is 1. The van der Waals surface area contributed by atoms with E-state index in [0.29, 0.717) is 16.7 Å². The maximum atomic E-state index is 11.1. The van der Waals surface area contributed by atoms with Crippen LogP contribution in [0, 0.1) is 0 Å². The van der Waals surface area contributed by atoms with E-state index in [1.54, 1.807) is 18.6 Å². The highest BCUT2D eigenvalue weighted by Crippen LogP contribution is 2.22. The summed E-state index contributed by atoms with van der Waals surface area (Å²) in [6.45, 7) is 2.01. The number of carbonyl (C=O) groups is 1. The molecule has 1 aromatic heterocycles. The first kappa shape index (κ1) is 16.2. The van der Waals surface area contributed by atoms with Gasteiger partial charge < -0.3 is 19.8 Å². The van der Waals surface area contributed by atoms with E-state index in [-0.39, 0.29) is 17.8 Å². The minimum atomic E-state index is -0.385. The first-order chi connectivity index (χ1) is 10.5. The van der Waals surface area contributed by atoms with E-state index >= 15 is 0 Å². The van der Waals surface area contributed by atoms with Crippen LogP contribution in [-0.4, -0.2) is 33.0 Å². The number of nitrogens with zero attached hydrogens (tertiary/aromatic N) is 3. The first-order valence-corrected chi connectivity index (χ1v) is 7.50. The van der Waals surface area contributed by atoms with Gasteiger partial charge in [-0.05, 0) is 31.2 Å². The van der Waals surface area contributed by atoms with Gasteiger partial charge in [-0.2, -0.15) is 0 Å². The summed E-state index contributed by atoms with van der Waals surface area (Å²) in [7, 11) is 3.43. The first-order valence-electron chi connectivity index (χ1n) is 6.62. The Morgan fingerprint density at radius 1 is 1.32 bits per heavy atom. The van der Waals surface area contributed by atoms with E-state index < -0.39 is 0 Å². The molecule has 1 aromatic carbocycles. The third-order valence-electron chi connectivity index (χ3n) is 3.04. The summed E-state index contributed by atoms with van der Waals surface area (Å²) in [4.78, 5) is 11.1. The second kappa shape index (κ2) is 7.17. The van der Waals surface area contributed by atoms with Crippen LogP contribution < -0.4 is 15.2 Å². The Morgan fingerprint density at radius 2 is 1.95 bits per heavy atom. The second-order valence-corrected chi connectivity index (χ2v) is 5.89. The van der Waals surface area contributed by atoms with Crippen molar-refractivity contribution < 1.29 is 14.3 Å². The Hall–Kier alpha value is -2.22. The van der Waals surface area contributed by atoms with Crippen molar-refractivity contribution in [3.8, 4) is 11.5 Å². The van der Waals surface area contributed by atoms with Crippen LogP contribution in [-0.2, 0) is 18.4 Å². The summed E-state index contributed by atoms with van der Waals surface area (Å²) in [5.41, 5.74) is 5.25. The van der Waals surface area contributed by atoms with Gasteiger partial charge >= 0.3 is 0 Å². The van der Waals surface area contributed by atoms with E-state index in [1.807, 2.05) is 31.3 Å². The molecule has 8 heteroatoms. The van der Waals surface area contributed by atoms with E-state index in [2.05, 4.69) is 10.2 Å². The summed E-state index contributed by atoms with van der Waals surface area (Å²) in [6, 6.07) is 7.28. The molecule has 0 radical (unpaired) electrons. The van der Waals surface area contributed by atoms with Gasteiger partial charge in [-0.15, -0.1) is 10.2 Å². The molecule has 0 fully saturated rings. The minimum absolute atomic E-state index is 0.279. The number of methoxy groups -OCH3 is 1. The molecule has 1 amide bonds. The zero-order valence-electron chi connectivity index (χ0n) is 12.6. The van der Waals surface area contributed by atoms with Crippen molar-refractivity contribution in [1.29, 1.82) is 0 Å². The van der Waals surface area contributed by atoms with Gasteiger partial charge in [-0.3, -0.25) is 4.79 Å². The predicted molar refractivity (Wildman–Crippen MR) is 82.8 cm³/mol. The Kier molecular flexibility index (Phi) is 5.26. The van der Waals surface area contributed by atoms with Gasteiger partial charge in [0.15, 0.2) is 11.0 Å². The zero-order chi connectivity index (χ0) is 16.1. The van der Waals surface area contributed by atoms with Crippen molar-refractivity contribution in [1.82, 2.24) is 14.8 Å². The highest BCUT2D eigenvalue weighted by atomic mass is 32.2. The molecule has 0 bridgehead atoms. The zero-order valence-corrected chi connectivity index (χ0v) is 13.5. The summed E-state index contributed by atoms with van der Waals surface area (Å²) in [6.07, 6.45) is 0. The lowest BCUT2D eigenvalue weighted by molar-refractivity contribution is -0.117. The molecule has 1 atom stereocenters. The lowest BCUT2D eigenvalue weighted by Crippen LogP contribution is -2.23. The Morgan fingerprint density at radius 3 is 2.55 bits per heavy atom. The van der Waals surface area contributed by atoms with Crippen LogP contribution in [0.5, 0.6) is 11.5 Å². The number of thioether (sulfide) groups is 1. The molecule has 0 unspecified atom stereocenters. The van der Waals surface area contributed by atoms with Crippen molar-refractivity contribution in [2.75, 3.05) is 7.11 Å². The number of rotatable bonds is 7. The molecule has 1 heterocycles. The minimum Gasteiger partial charge on any atom is -0.497 e. The smallest absolute Gasteiger partial charge is 0.230 e. The van der Waals surface area contributed by atoms with Crippen LogP contribution in [0.2, 0.25) is 0 Å². The number of nitrogens with two attached hydrogens (primary N) is 1. The lowest BCUT2D eigenvalue weighted by atomic mass is 10.3. The molecule has 118 valence electrons. The predicted octanol–water partition coefficient (Wildman–Crippen LogP) is 1.37. The molecule has 0 saturated carbocycles. The number of benzene rings is 1. The van der Waals surface area contributed by atoms with Gasteiger partial charge in [0.05, 0.1) is 12.4 Å². The van der Waals surface area contributed by atoms with Gasteiger partial charge in [0.2, 0.25) is 5.91 Å². The molecule has 2 aromatic rings. The molecule has 0 aliphatic heterocycles. The van der Waals surface area contributed by atoms with Crippen LogP contribution >= 0.6 is 11.8 Å². The molecule has 2 rings (SSSR count). The number of amides is 1. The average Bonchev–Trinajstić information content (AvgIpc) is 2.86. The van der Waals surface area contributed by atoms with Gasteiger partial charge in [0.25, 0.3) is 0 Å².